The summed E-state index contributed by atoms with van der Waals surface area (Å²) in [6.45, 7) is 3.23. The van der Waals surface area contributed by atoms with E-state index in [1.54, 1.807) is 0 Å². The fourth-order valence-electron chi connectivity index (χ4n) is 1.03. The molecule has 1 N–H and O–H groups in total. The predicted molar refractivity (Wildman–Crippen MR) is 71.8 cm³/mol. The van der Waals surface area contributed by atoms with Crippen molar-refractivity contribution < 1.29 is 19.4 Å². The Kier molecular flexibility index (Phi) is 5.99. The van der Waals surface area contributed by atoms with Crippen LogP contribution in [0.4, 0.5) is 0 Å². The van der Waals surface area contributed by atoms with Crippen molar-refractivity contribution in [3.63, 3.8) is 0 Å². The fraction of sp³-hybridized carbons (Fsp3) is 0.250. The third kappa shape index (κ3) is 5.18. The number of benzene rings is 1. The normalized spacial score (nSPS) is 11.6. The lowest BCUT2D eigenvalue weighted by atomic mass is 10.3. The van der Waals surface area contributed by atoms with Crippen LogP contribution in [0.25, 0.3) is 0 Å². The number of ether oxygens (including phenoxy) is 2. The molecule has 5 heteroatoms. The van der Waals surface area contributed by atoms with Crippen LogP contribution in [0, 0.1) is 3.57 Å². The minimum absolute atomic E-state index is 0.0738. The number of carbonyl (C=O) groups excluding carboxylic acids is 1. The van der Waals surface area contributed by atoms with E-state index in [4.69, 9.17) is 4.74 Å². The molecule has 0 saturated carbocycles. The molecular formula is C12H13IO4. The molecule has 0 radical (unpaired) electrons. The lowest BCUT2D eigenvalue weighted by molar-refractivity contribution is -0.141. The van der Waals surface area contributed by atoms with Crippen LogP contribution in [-0.2, 0) is 9.53 Å². The van der Waals surface area contributed by atoms with Gasteiger partial charge in [-0.2, -0.15) is 0 Å². The highest BCUT2D eigenvalue weighted by molar-refractivity contribution is 14.1. The third-order valence-electron chi connectivity index (χ3n) is 1.85. The summed E-state index contributed by atoms with van der Waals surface area (Å²) in [5.41, 5.74) is 0. The molecule has 0 aliphatic carbocycles. The number of hydrogen-bond acceptors (Lipinski definition) is 4. The molecule has 1 atom stereocenters. The maximum Gasteiger partial charge on any atom is 0.330 e. The summed E-state index contributed by atoms with van der Waals surface area (Å²) in [5.74, 6) is 0.139. The summed E-state index contributed by atoms with van der Waals surface area (Å²) < 4.78 is 11.0. The Labute approximate surface area is 113 Å². The molecule has 92 valence electrons. The molecule has 0 spiro atoms. The summed E-state index contributed by atoms with van der Waals surface area (Å²) in [5, 5.41) is 9.51. The third-order valence-corrected chi connectivity index (χ3v) is 2.74. The summed E-state index contributed by atoms with van der Waals surface area (Å²) >= 11 is 2.14. The Morgan fingerprint density at radius 2 is 2.18 bits per heavy atom. The van der Waals surface area contributed by atoms with E-state index < -0.39 is 12.1 Å². The fourth-order valence-corrected chi connectivity index (χ4v) is 1.58. The van der Waals surface area contributed by atoms with Crippen LogP contribution in [0.2, 0.25) is 0 Å². The number of aliphatic hydroxyl groups is 1. The largest absolute Gasteiger partial charge is 0.490 e. The maximum absolute atomic E-state index is 10.8. The van der Waals surface area contributed by atoms with Crippen LogP contribution < -0.4 is 4.74 Å². The number of hydrogen-bond donors (Lipinski definition) is 1. The highest BCUT2D eigenvalue weighted by atomic mass is 127. The van der Waals surface area contributed by atoms with Gasteiger partial charge < -0.3 is 14.6 Å². The SMILES string of the molecule is C=CC(=O)OCC(O)COc1ccccc1I. The Balaban J connectivity index is 2.33. The predicted octanol–water partition coefficient (Wildman–Crippen LogP) is 1.76. The standard InChI is InChI=1S/C12H13IO4/c1-2-12(15)17-8-9(14)7-16-11-6-4-3-5-10(11)13/h2-6,9,14H,1,7-8H2. The van der Waals surface area contributed by atoms with Crippen molar-refractivity contribution in [1.29, 1.82) is 0 Å². The topological polar surface area (TPSA) is 55.8 Å². The number of halogens is 1. The van der Waals surface area contributed by atoms with Gasteiger partial charge in [-0.25, -0.2) is 4.79 Å². The molecule has 0 aromatic heterocycles. The second-order valence-corrected chi connectivity index (χ2v) is 4.39. The van der Waals surface area contributed by atoms with E-state index in [1.165, 1.54) is 0 Å². The number of rotatable bonds is 6. The lowest BCUT2D eigenvalue weighted by Crippen LogP contribution is -2.24. The van der Waals surface area contributed by atoms with Gasteiger partial charge in [0.1, 0.15) is 25.1 Å². The van der Waals surface area contributed by atoms with Crippen LogP contribution in [0.3, 0.4) is 0 Å². The van der Waals surface area contributed by atoms with Gasteiger partial charge in [0.05, 0.1) is 3.57 Å². The van der Waals surface area contributed by atoms with E-state index >= 15 is 0 Å². The number of para-hydroxylation sites is 1. The van der Waals surface area contributed by atoms with Crippen LogP contribution >= 0.6 is 22.6 Å². The Morgan fingerprint density at radius 1 is 1.47 bits per heavy atom. The molecule has 1 rings (SSSR count). The molecule has 0 bridgehead atoms. The first-order valence-corrected chi connectivity index (χ1v) is 6.06. The van der Waals surface area contributed by atoms with Crippen molar-refractivity contribution in [2.24, 2.45) is 0 Å². The highest BCUT2D eigenvalue weighted by Crippen LogP contribution is 2.19. The van der Waals surface area contributed by atoms with E-state index in [0.29, 0.717) is 5.75 Å². The molecule has 17 heavy (non-hydrogen) atoms. The van der Waals surface area contributed by atoms with Gasteiger partial charge in [0, 0.05) is 6.08 Å². The average Bonchev–Trinajstić information content (AvgIpc) is 2.35. The first-order chi connectivity index (χ1) is 8.13. The van der Waals surface area contributed by atoms with Crippen molar-refractivity contribution in [2.45, 2.75) is 6.10 Å². The first kappa shape index (κ1) is 14.0. The Morgan fingerprint density at radius 3 is 2.82 bits per heavy atom. The smallest absolute Gasteiger partial charge is 0.330 e. The monoisotopic (exact) mass is 348 g/mol. The second kappa shape index (κ2) is 7.29. The van der Waals surface area contributed by atoms with Crippen LogP contribution in [-0.4, -0.2) is 30.4 Å². The van der Waals surface area contributed by atoms with Gasteiger partial charge in [-0.3, -0.25) is 0 Å². The molecular weight excluding hydrogens is 335 g/mol. The van der Waals surface area contributed by atoms with Gasteiger partial charge >= 0.3 is 5.97 Å². The van der Waals surface area contributed by atoms with Crippen molar-refractivity contribution in [2.75, 3.05) is 13.2 Å². The molecule has 4 nitrogen and oxygen atoms in total. The van der Waals surface area contributed by atoms with Gasteiger partial charge in [-0.15, -0.1) is 0 Å². The molecule has 0 fully saturated rings. The molecule has 0 saturated heterocycles. The number of aliphatic hydroxyl groups excluding tert-OH is 1. The minimum Gasteiger partial charge on any atom is -0.490 e. The van der Waals surface area contributed by atoms with Gasteiger partial charge in [0.2, 0.25) is 0 Å². The maximum atomic E-state index is 10.8. The van der Waals surface area contributed by atoms with E-state index in [-0.39, 0.29) is 13.2 Å². The molecule has 1 unspecified atom stereocenters. The average molecular weight is 348 g/mol. The van der Waals surface area contributed by atoms with E-state index in [1.807, 2.05) is 24.3 Å². The molecule has 0 amide bonds. The number of carbonyl (C=O) groups is 1. The Hall–Kier alpha value is -1.08. The minimum atomic E-state index is -0.852. The molecule has 0 aliphatic heterocycles. The molecule has 0 heterocycles. The van der Waals surface area contributed by atoms with Crippen LogP contribution in [0.5, 0.6) is 5.75 Å². The van der Waals surface area contributed by atoms with Gasteiger partial charge in [-0.1, -0.05) is 18.7 Å². The summed E-state index contributed by atoms with van der Waals surface area (Å²) in [4.78, 5) is 10.8. The van der Waals surface area contributed by atoms with Crippen molar-refractivity contribution >= 4 is 28.6 Å². The summed E-state index contributed by atoms with van der Waals surface area (Å²) in [6, 6.07) is 7.46. The molecule has 1 aromatic carbocycles. The van der Waals surface area contributed by atoms with E-state index in [9.17, 15) is 9.90 Å². The first-order valence-electron chi connectivity index (χ1n) is 4.98. The summed E-state index contributed by atoms with van der Waals surface area (Å²) in [6.07, 6.45) is 0.197. The van der Waals surface area contributed by atoms with Crippen molar-refractivity contribution in [1.82, 2.24) is 0 Å². The number of esters is 1. The van der Waals surface area contributed by atoms with Gasteiger partial charge in [-0.05, 0) is 34.7 Å². The Bertz CT molecular complexity index is 392. The van der Waals surface area contributed by atoms with Crippen molar-refractivity contribution in [3.05, 3.63) is 40.5 Å². The lowest BCUT2D eigenvalue weighted by Gasteiger charge is -2.12. The molecule has 0 aliphatic rings. The van der Waals surface area contributed by atoms with E-state index in [2.05, 4.69) is 33.9 Å². The van der Waals surface area contributed by atoms with Crippen LogP contribution in [0.1, 0.15) is 0 Å². The van der Waals surface area contributed by atoms with Crippen LogP contribution in [0.15, 0.2) is 36.9 Å². The van der Waals surface area contributed by atoms with Gasteiger partial charge in [0.15, 0.2) is 0 Å². The highest BCUT2D eigenvalue weighted by Gasteiger charge is 2.08. The zero-order valence-electron chi connectivity index (χ0n) is 9.14. The second-order valence-electron chi connectivity index (χ2n) is 3.23. The zero-order valence-corrected chi connectivity index (χ0v) is 11.3. The summed E-state index contributed by atoms with van der Waals surface area (Å²) in [7, 11) is 0. The zero-order chi connectivity index (χ0) is 12.7. The van der Waals surface area contributed by atoms with Gasteiger partial charge in [0.25, 0.3) is 0 Å². The quantitative estimate of drug-likeness (QED) is 0.484. The van der Waals surface area contributed by atoms with Crippen molar-refractivity contribution in [3.8, 4) is 5.75 Å². The van der Waals surface area contributed by atoms with E-state index in [0.717, 1.165) is 9.65 Å². The molecule has 1 aromatic rings.